The lowest BCUT2D eigenvalue weighted by molar-refractivity contribution is 0.221. The van der Waals surface area contributed by atoms with Crippen LogP contribution in [0.1, 0.15) is 18.4 Å². The molecule has 1 heterocycles. The highest BCUT2D eigenvalue weighted by atomic mass is 35.5. The summed E-state index contributed by atoms with van der Waals surface area (Å²) >= 11 is 5.83. The minimum Gasteiger partial charge on any atom is -0.501 e. The number of ether oxygens (including phenoxy) is 1. The average Bonchev–Trinajstić information content (AvgIpc) is 2.33. The van der Waals surface area contributed by atoms with Crippen molar-refractivity contribution in [2.24, 2.45) is 5.73 Å². The van der Waals surface area contributed by atoms with E-state index in [1.54, 1.807) is 0 Å². The number of benzene rings is 1. The molecule has 0 amide bonds. The first-order valence-corrected chi connectivity index (χ1v) is 5.94. The fourth-order valence-corrected chi connectivity index (χ4v) is 1.99. The van der Waals surface area contributed by atoms with Gasteiger partial charge in [0.05, 0.1) is 12.9 Å². The van der Waals surface area contributed by atoms with Crippen molar-refractivity contribution < 1.29 is 4.74 Å². The largest absolute Gasteiger partial charge is 0.501 e. The topological polar surface area (TPSA) is 35.2 Å². The third-order valence-corrected chi connectivity index (χ3v) is 3.06. The molecule has 0 spiro atoms. The van der Waals surface area contributed by atoms with E-state index in [4.69, 9.17) is 22.1 Å². The molecule has 3 heteroatoms. The van der Waals surface area contributed by atoms with Crippen LogP contribution >= 0.6 is 11.6 Å². The first-order chi connectivity index (χ1) is 7.75. The van der Waals surface area contributed by atoms with Gasteiger partial charge in [0.25, 0.3) is 0 Å². The molecule has 86 valence electrons. The Morgan fingerprint density at radius 1 is 1.31 bits per heavy atom. The zero-order valence-electron chi connectivity index (χ0n) is 9.16. The number of hydrogen-bond donors (Lipinski definition) is 1. The van der Waals surface area contributed by atoms with Gasteiger partial charge in [-0.05, 0) is 42.5 Å². The molecule has 0 saturated carbocycles. The lowest BCUT2D eigenvalue weighted by atomic mass is 9.96. The molecular formula is C13H16ClNO. The van der Waals surface area contributed by atoms with Gasteiger partial charge in [-0.25, -0.2) is 0 Å². The minimum absolute atomic E-state index is 0.0569. The average molecular weight is 238 g/mol. The molecule has 1 aromatic rings. The number of nitrogens with two attached hydrogens (primary N) is 1. The van der Waals surface area contributed by atoms with Gasteiger partial charge in [0.15, 0.2) is 0 Å². The molecule has 0 aromatic heterocycles. The van der Waals surface area contributed by atoms with Gasteiger partial charge in [0.1, 0.15) is 0 Å². The molecule has 1 aliphatic rings. The third-order valence-electron chi connectivity index (χ3n) is 2.81. The van der Waals surface area contributed by atoms with Crippen molar-refractivity contribution in [3.8, 4) is 0 Å². The van der Waals surface area contributed by atoms with Crippen LogP contribution in [-0.4, -0.2) is 12.6 Å². The fourth-order valence-electron chi connectivity index (χ4n) is 1.86. The van der Waals surface area contributed by atoms with Crippen LogP contribution in [0.5, 0.6) is 0 Å². The second kappa shape index (κ2) is 5.37. The molecule has 16 heavy (non-hydrogen) atoms. The molecule has 0 bridgehead atoms. The van der Waals surface area contributed by atoms with Crippen molar-refractivity contribution in [3.63, 3.8) is 0 Å². The normalized spacial score (nSPS) is 17.5. The van der Waals surface area contributed by atoms with E-state index < -0.39 is 0 Å². The van der Waals surface area contributed by atoms with Gasteiger partial charge in [-0.2, -0.15) is 0 Å². The number of halogens is 1. The zero-order valence-corrected chi connectivity index (χ0v) is 9.91. The highest BCUT2D eigenvalue weighted by Gasteiger charge is 2.13. The first-order valence-electron chi connectivity index (χ1n) is 5.56. The summed E-state index contributed by atoms with van der Waals surface area (Å²) in [6.07, 6.45) is 4.78. The Kier molecular flexibility index (Phi) is 3.86. The number of rotatable bonds is 3. The monoisotopic (exact) mass is 237 g/mol. The second-order valence-corrected chi connectivity index (χ2v) is 4.54. The maximum Gasteiger partial charge on any atom is 0.0876 e. The van der Waals surface area contributed by atoms with Crippen LogP contribution in [0.15, 0.2) is 36.1 Å². The summed E-state index contributed by atoms with van der Waals surface area (Å²) in [6.45, 7) is 0.817. The van der Waals surface area contributed by atoms with Gasteiger partial charge in [-0.1, -0.05) is 23.7 Å². The minimum atomic E-state index is 0.0569. The van der Waals surface area contributed by atoms with Crippen LogP contribution in [0.25, 0.3) is 0 Å². The zero-order chi connectivity index (χ0) is 11.4. The molecule has 2 N–H and O–H groups in total. The summed E-state index contributed by atoms with van der Waals surface area (Å²) in [6, 6.07) is 7.89. The molecular weight excluding hydrogens is 222 g/mol. The summed E-state index contributed by atoms with van der Waals surface area (Å²) in [4.78, 5) is 0. The quantitative estimate of drug-likeness (QED) is 0.878. The SMILES string of the molecule is NC(Cc1ccc(Cl)cc1)C1=COCCC1. The molecule has 1 atom stereocenters. The van der Waals surface area contributed by atoms with E-state index in [9.17, 15) is 0 Å². The Bertz CT molecular complexity index is 372. The van der Waals surface area contributed by atoms with Crippen LogP contribution in [0.2, 0.25) is 5.02 Å². The van der Waals surface area contributed by atoms with Crippen LogP contribution < -0.4 is 5.73 Å². The van der Waals surface area contributed by atoms with E-state index in [-0.39, 0.29) is 6.04 Å². The maximum absolute atomic E-state index is 6.14. The molecule has 2 nitrogen and oxygen atoms in total. The fraction of sp³-hybridized carbons (Fsp3) is 0.385. The summed E-state index contributed by atoms with van der Waals surface area (Å²) in [5.41, 5.74) is 8.56. The number of hydrogen-bond acceptors (Lipinski definition) is 2. The van der Waals surface area contributed by atoms with Crippen molar-refractivity contribution in [3.05, 3.63) is 46.7 Å². The Morgan fingerprint density at radius 3 is 2.69 bits per heavy atom. The van der Waals surface area contributed by atoms with E-state index >= 15 is 0 Å². The predicted molar refractivity (Wildman–Crippen MR) is 66.4 cm³/mol. The Labute approximate surface area is 101 Å². The summed E-state index contributed by atoms with van der Waals surface area (Å²) in [7, 11) is 0. The predicted octanol–water partition coefficient (Wildman–Crippen LogP) is 2.90. The molecule has 0 fully saturated rings. The standard InChI is InChI=1S/C13H16ClNO/c14-12-5-3-10(4-6-12)8-13(15)11-2-1-7-16-9-11/h3-6,9,13H,1-2,7-8,15H2. The highest BCUT2D eigenvalue weighted by molar-refractivity contribution is 6.30. The van der Waals surface area contributed by atoms with E-state index in [0.29, 0.717) is 0 Å². The van der Waals surface area contributed by atoms with Gasteiger partial charge < -0.3 is 10.5 Å². The van der Waals surface area contributed by atoms with Crippen molar-refractivity contribution >= 4 is 11.6 Å². The third kappa shape index (κ3) is 3.00. The summed E-state index contributed by atoms with van der Waals surface area (Å²) < 4.78 is 5.30. The first kappa shape index (κ1) is 11.5. The van der Waals surface area contributed by atoms with Crippen LogP contribution in [-0.2, 0) is 11.2 Å². The van der Waals surface area contributed by atoms with Crippen LogP contribution in [0, 0.1) is 0 Å². The molecule has 0 saturated heterocycles. The van der Waals surface area contributed by atoms with Crippen molar-refractivity contribution in [2.45, 2.75) is 25.3 Å². The van der Waals surface area contributed by atoms with Crippen molar-refractivity contribution in [1.29, 1.82) is 0 Å². The van der Waals surface area contributed by atoms with E-state index in [1.165, 1.54) is 11.1 Å². The lowest BCUT2D eigenvalue weighted by Gasteiger charge is -2.19. The van der Waals surface area contributed by atoms with Gasteiger partial charge in [-0.15, -0.1) is 0 Å². The molecule has 1 aliphatic heterocycles. The molecule has 0 aliphatic carbocycles. The summed E-state index contributed by atoms with van der Waals surface area (Å²) in [5.74, 6) is 0. The Morgan fingerprint density at radius 2 is 2.06 bits per heavy atom. The Balaban J connectivity index is 1.98. The summed E-state index contributed by atoms with van der Waals surface area (Å²) in [5, 5.41) is 0.762. The van der Waals surface area contributed by atoms with Crippen LogP contribution in [0.3, 0.4) is 0 Å². The molecule has 0 radical (unpaired) electrons. The maximum atomic E-state index is 6.14. The van der Waals surface area contributed by atoms with Gasteiger partial charge in [0, 0.05) is 11.1 Å². The molecule has 2 rings (SSSR count). The van der Waals surface area contributed by atoms with Crippen LogP contribution in [0.4, 0.5) is 0 Å². The lowest BCUT2D eigenvalue weighted by Crippen LogP contribution is -2.27. The van der Waals surface area contributed by atoms with Gasteiger partial charge in [-0.3, -0.25) is 0 Å². The second-order valence-electron chi connectivity index (χ2n) is 4.10. The highest BCUT2D eigenvalue weighted by Crippen LogP contribution is 2.18. The van der Waals surface area contributed by atoms with E-state index in [2.05, 4.69) is 0 Å². The van der Waals surface area contributed by atoms with E-state index in [0.717, 1.165) is 30.9 Å². The molecule has 1 unspecified atom stereocenters. The van der Waals surface area contributed by atoms with Gasteiger partial charge in [0.2, 0.25) is 0 Å². The smallest absolute Gasteiger partial charge is 0.0876 e. The molecule has 1 aromatic carbocycles. The Hall–Kier alpha value is -0.990. The van der Waals surface area contributed by atoms with Crippen molar-refractivity contribution in [1.82, 2.24) is 0 Å². The van der Waals surface area contributed by atoms with Crippen molar-refractivity contribution in [2.75, 3.05) is 6.61 Å². The van der Waals surface area contributed by atoms with Gasteiger partial charge >= 0.3 is 0 Å². The van der Waals surface area contributed by atoms with E-state index in [1.807, 2.05) is 30.5 Å².